The molecule has 1 atom stereocenters. The molecule has 1 aromatic rings. The third-order valence-electron chi connectivity index (χ3n) is 2.99. The SMILES string of the molecule is CC1CCCC1.O=C(O)C(O)c1ccccc1. The number of carboxylic acids is 1. The minimum absolute atomic E-state index is 0.403. The zero-order valence-corrected chi connectivity index (χ0v) is 10.2. The summed E-state index contributed by atoms with van der Waals surface area (Å²) in [5, 5.41) is 17.4. The molecule has 17 heavy (non-hydrogen) atoms. The summed E-state index contributed by atoms with van der Waals surface area (Å²) < 4.78 is 0. The van der Waals surface area contributed by atoms with Crippen molar-refractivity contribution in [1.82, 2.24) is 0 Å². The van der Waals surface area contributed by atoms with E-state index in [0.717, 1.165) is 5.92 Å². The molecule has 0 amide bonds. The van der Waals surface area contributed by atoms with Crippen molar-refractivity contribution in [1.29, 1.82) is 0 Å². The smallest absolute Gasteiger partial charge is 0.337 e. The first-order chi connectivity index (χ1) is 8.11. The van der Waals surface area contributed by atoms with Crippen molar-refractivity contribution in [2.24, 2.45) is 5.92 Å². The van der Waals surface area contributed by atoms with Crippen molar-refractivity contribution in [3.05, 3.63) is 35.9 Å². The quantitative estimate of drug-likeness (QED) is 0.830. The summed E-state index contributed by atoms with van der Waals surface area (Å²) in [4.78, 5) is 10.2. The summed E-state index contributed by atoms with van der Waals surface area (Å²) in [6, 6.07) is 8.26. The number of aliphatic hydroxyl groups is 1. The molecule has 0 heterocycles. The third kappa shape index (κ3) is 5.00. The van der Waals surface area contributed by atoms with Crippen LogP contribution in [0.25, 0.3) is 0 Å². The van der Waals surface area contributed by atoms with Gasteiger partial charge in [0.15, 0.2) is 6.10 Å². The van der Waals surface area contributed by atoms with Gasteiger partial charge in [0.1, 0.15) is 0 Å². The Morgan fingerprint density at radius 2 is 1.76 bits per heavy atom. The minimum Gasteiger partial charge on any atom is -0.479 e. The van der Waals surface area contributed by atoms with Crippen molar-refractivity contribution < 1.29 is 15.0 Å². The summed E-state index contributed by atoms with van der Waals surface area (Å²) in [5.74, 6) is -0.179. The van der Waals surface area contributed by atoms with Crippen LogP contribution in [0.4, 0.5) is 0 Å². The fourth-order valence-electron chi connectivity index (χ4n) is 1.91. The first-order valence-corrected chi connectivity index (χ1v) is 6.07. The van der Waals surface area contributed by atoms with Crippen LogP contribution in [0, 0.1) is 5.92 Å². The van der Waals surface area contributed by atoms with Gasteiger partial charge in [-0.25, -0.2) is 4.79 Å². The molecular formula is C14H20O3. The lowest BCUT2D eigenvalue weighted by molar-refractivity contribution is -0.146. The van der Waals surface area contributed by atoms with Gasteiger partial charge >= 0.3 is 5.97 Å². The van der Waals surface area contributed by atoms with Gasteiger partial charge in [-0.15, -0.1) is 0 Å². The van der Waals surface area contributed by atoms with Gasteiger partial charge in [0.2, 0.25) is 0 Å². The molecule has 0 spiro atoms. The van der Waals surface area contributed by atoms with Crippen LogP contribution in [0.15, 0.2) is 30.3 Å². The van der Waals surface area contributed by atoms with E-state index in [2.05, 4.69) is 6.92 Å². The topological polar surface area (TPSA) is 57.5 Å². The zero-order chi connectivity index (χ0) is 12.7. The van der Waals surface area contributed by atoms with Crippen LogP contribution in [0.3, 0.4) is 0 Å². The second kappa shape index (κ2) is 7.07. The Balaban J connectivity index is 0.000000202. The number of hydrogen-bond acceptors (Lipinski definition) is 2. The van der Waals surface area contributed by atoms with E-state index >= 15 is 0 Å². The van der Waals surface area contributed by atoms with Crippen molar-refractivity contribution in [3.63, 3.8) is 0 Å². The molecule has 1 aliphatic rings. The number of carbonyl (C=O) groups is 1. The first-order valence-electron chi connectivity index (χ1n) is 6.07. The molecule has 0 aromatic heterocycles. The molecule has 2 rings (SSSR count). The van der Waals surface area contributed by atoms with Crippen molar-refractivity contribution in [2.75, 3.05) is 0 Å². The predicted molar refractivity (Wildman–Crippen MR) is 66.7 cm³/mol. The molecule has 1 aliphatic carbocycles. The fraction of sp³-hybridized carbons (Fsp3) is 0.500. The molecule has 2 N–H and O–H groups in total. The highest BCUT2D eigenvalue weighted by atomic mass is 16.4. The Labute approximate surface area is 102 Å². The summed E-state index contributed by atoms with van der Waals surface area (Å²) in [7, 11) is 0. The van der Waals surface area contributed by atoms with E-state index in [1.165, 1.54) is 25.7 Å². The lowest BCUT2D eigenvalue weighted by Crippen LogP contribution is -2.09. The molecule has 94 valence electrons. The number of benzene rings is 1. The van der Waals surface area contributed by atoms with Gasteiger partial charge in [0.25, 0.3) is 0 Å². The molecule has 1 aromatic carbocycles. The Kier molecular flexibility index (Phi) is 5.70. The molecule has 0 radical (unpaired) electrons. The molecule has 1 saturated carbocycles. The van der Waals surface area contributed by atoms with E-state index in [-0.39, 0.29) is 0 Å². The molecule has 0 saturated heterocycles. The van der Waals surface area contributed by atoms with Gasteiger partial charge in [0, 0.05) is 0 Å². The maximum atomic E-state index is 10.2. The fourth-order valence-corrected chi connectivity index (χ4v) is 1.91. The van der Waals surface area contributed by atoms with Gasteiger partial charge < -0.3 is 10.2 Å². The zero-order valence-electron chi connectivity index (χ0n) is 10.2. The Bertz CT molecular complexity index is 329. The Morgan fingerprint density at radius 1 is 1.24 bits per heavy atom. The van der Waals surface area contributed by atoms with Crippen LogP contribution in [0.2, 0.25) is 0 Å². The third-order valence-corrected chi connectivity index (χ3v) is 2.99. The Morgan fingerprint density at radius 3 is 2.12 bits per heavy atom. The highest BCUT2D eigenvalue weighted by Crippen LogP contribution is 2.22. The van der Waals surface area contributed by atoms with Crippen LogP contribution in [0.5, 0.6) is 0 Å². The predicted octanol–water partition coefficient (Wildman–Crippen LogP) is 3.00. The van der Waals surface area contributed by atoms with Gasteiger partial charge in [-0.2, -0.15) is 0 Å². The molecule has 1 fully saturated rings. The van der Waals surface area contributed by atoms with E-state index in [1.807, 2.05) is 0 Å². The minimum atomic E-state index is -1.41. The normalized spacial score (nSPS) is 17.1. The molecular weight excluding hydrogens is 216 g/mol. The van der Waals surface area contributed by atoms with E-state index < -0.39 is 12.1 Å². The number of aliphatic hydroxyl groups excluding tert-OH is 1. The molecule has 1 unspecified atom stereocenters. The maximum Gasteiger partial charge on any atom is 0.337 e. The second-order valence-electron chi connectivity index (χ2n) is 4.54. The average Bonchev–Trinajstić information content (AvgIpc) is 2.81. The Hall–Kier alpha value is -1.35. The van der Waals surface area contributed by atoms with Crippen LogP contribution in [0.1, 0.15) is 44.3 Å². The first kappa shape index (κ1) is 13.7. The lowest BCUT2D eigenvalue weighted by atomic mass is 10.1. The number of rotatable bonds is 2. The van der Waals surface area contributed by atoms with E-state index in [0.29, 0.717) is 5.56 Å². The number of carboxylic acid groups (broad SMARTS) is 1. The molecule has 3 heteroatoms. The molecule has 0 aliphatic heterocycles. The highest BCUT2D eigenvalue weighted by molar-refractivity contribution is 5.73. The van der Waals surface area contributed by atoms with Crippen molar-refractivity contribution in [2.45, 2.75) is 38.7 Å². The van der Waals surface area contributed by atoms with Crippen LogP contribution in [-0.2, 0) is 4.79 Å². The second-order valence-corrected chi connectivity index (χ2v) is 4.54. The molecule has 3 nitrogen and oxygen atoms in total. The maximum absolute atomic E-state index is 10.2. The average molecular weight is 236 g/mol. The standard InChI is InChI=1S/C8H8O3.C6H12/c9-7(8(10)11)6-4-2-1-3-5-6;1-6-4-2-3-5-6/h1-5,7,9H,(H,10,11);6H,2-5H2,1H3. The molecule has 0 bridgehead atoms. The van der Waals surface area contributed by atoms with Gasteiger partial charge in [-0.1, -0.05) is 62.9 Å². The lowest BCUT2D eigenvalue weighted by Gasteiger charge is -2.03. The van der Waals surface area contributed by atoms with Crippen molar-refractivity contribution in [3.8, 4) is 0 Å². The van der Waals surface area contributed by atoms with Gasteiger partial charge in [-0.05, 0) is 11.5 Å². The van der Waals surface area contributed by atoms with E-state index in [1.54, 1.807) is 30.3 Å². The summed E-state index contributed by atoms with van der Waals surface area (Å²) in [6.45, 7) is 2.34. The van der Waals surface area contributed by atoms with Crippen LogP contribution >= 0.6 is 0 Å². The van der Waals surface area contributed by atoms with Crippen LogP contribution < -0.4 is 0 Å². The summed E-state index contributed by atoms with van der Waals surface area (Å²) in [5.41, 5.74) is 0.403. The van der Waals surface area contributed by atoms with Gasteiger partial charge in [-0.3, -0.25) is 0 Å². The summed E-state index contributed by atoms with van der Waals surface area (Å²) in [6.07, 6.45) is 4.54. The highest BCUT2D eigenvalue weighted by Gasteiger charge is 2.14. The van der Waals surface area contributed by atoms with Crippen molar-refractivity contribution >= 4 is 5.97 Å². The summed E-state index contributed by atoms with van der Waals surface area (Å²) >= 11 is 0. The largest absolute Gasteiger partial charge is 0.479 e. The number of hydrogen-bond donors (Lipinski definition) is 2. The van der Waals surface area contributed by atoms with Gasteiger partial charge in [0.05, 0.1) is 0 Å². The van der Waals surface area contributed by atoms with E-state index in [9.17, 15) is 4.79 Å². The van der Waals surface area contributed by atoms with E-state index in [4.69, 9.17) is 10.2 Å². The number of aliphatic carboxylic acids is 1. The monoisotopic (exact) mass is 236 g/mol. The van der Waals surface area contributed by atoms with Crippen LogP contribution in [-0.4, -0.2) is 16.2 Å².